The number of nitrogens with zero attached hydrogens (tertiary/aromatic N) is 4. The Morgan fingerprint density at radius 3 is 2.49 bits per heavy atom. The number of amides is 1. The Morgan fingerprint density at radius 1 is 1.10 bits per heavy atom. The standard InChI is InChI=1S/C27H35N5O5S2/c1-37-24-11-10-23-26(29-24)38-27(28-23)30-25(34)22(18-19-4-2-3-5-19)20-6-8-21(9-7-20)39(35,36)32-14-12-31(13-15-32)16-17-33/h6-11,19,22,33H,2-5,12-18H2,1H3,(H,28,30,34). The second-order valence-electron chi connectivity index (χ2n) is 10.2. The van der Waals surface area contributed by atoms with Crippen LogP contribution in [0.5, 0.6) is 5.88 Å². The third-order valence-corrected chi connectivity index (χ3v) is 10.5. The Hall–Kier alpha value is -2.64. The van der Waals surface area contributed by atoms with Crippen molar-refractivity contribution < 1.29 is 23.1 Å². The molecule has 0 spiro atoms. The van der Waals surface area contributed by atoms with E-state index in [1.165, 1.54) is 28.5 Å². The largest absolute Gasteiger partial charge is 0.481 e. The lowest BCUT2D eigenvalue weighted by Crippen LogP contribution is -2.49. The number of nitrogens with one attached hydrogen (secondary N) is 1. The topological polar surface area (TPSA) is 125 Å². The molecule has 1 atom stereocenters. The van der Waals surface area contributed by atoms with E-state index in [0.29, 0.717) is 66.4 Å². The molecule has 0 bridgehead atoms. The fourth-order valence-electron chi connectivity index (χ4n) is 5.49. The normalized spacial score (nSPS) is 18.4. The van der Waals surface area contributed by atoms with Crippen molar-refractivity contribution in [2.24, 2.45) is 5.92 Å². The first-order valence-corrected chi connectivity index (χ1v) is 15.7. The molecule has 2 fully saturated rings. The molecule has 12 heteroatoms. The Labute approximate surface area is 233 Å². The summed E-state index contributed by atoms with van der Waals surface area (Å²) in [5.74, 6) is 0.385. The Morgan fingerprint density at radius 2 is 1.82 bits per heavy atom. The summed E-state index contributed by atoms with van der Waals surface area (Å²) in [4.78, 5) is 25.5. The third-order valence-electron chi connectivity index (χ3n) is 7.70. The summed E-state index contributed by atoms with van der Waals surface area (Å²) in [6.07, 6.45) is 5.26. The van der Waals surface area contributed by atoms with E-state index in [1.54, 1.807) is 37.4 Å². The number of aliphatic hydroxyl groups is 1. The van der Waals surface area contributed by atoms with Crippen LogP contribution in [0.3, 0.4) is 0 Å². The molecule has 3 aromatic rings. The molecule has 1 saturated heterocycles. The molecule has 0 radical (unpaired) electrons. The molecule has 1 aliphatic heterocycles. The van der Waals surface area contributed by atoms with Gasteiger partial charge in [0.2, 0.25) is 21.8 Å². The summed E-state index contributed by atoms with van der Waals surface area (Å²) < 4.78 is 33.2. The SMILES string of the molecule is COc1ccc2nc(NC(=O)C(CC3CCCC3)c3ccc(S(=O)(=O)N4CCN(CCO)CC4)cc3)sc2n1. The number of pyridine rings is 1. The van der Waals surface area contributed by atoms with Crippen molar-refractivity contribution in [3.8, 4) is 5.88 Å². The summed E-state index contributed by atoms with van der Waals surface area (Å²) >= 11 is 1.30. The number of rotatable bonds is 10. The first kappa shape index (κ1) is 27.9. The summed E-state index contributed by atoms with van der Waals surface area (Å²) in [6, 6.07) is 10.3. The molecule has 3 heterocycles. The Bertz CT molecular complexity index is 1380. The van der Waals surface area contributed by atoms with Gasteiger partial charge in [-0.3, -0.25) is 9.69 Å². The molecule has 1 aliphatic carbocycles. The number of ether oxygens (including phenoxy) is 1. The van der Waals surface area contributed by atoms with Gasteiger partial charge in [-0.25, -0.2) is 18.4 Å². The van der Waals surface area contributed by atoms with Gasteiger partial charge in [0.1, 0.15) is 10.3 Å². The van der Waals surface area contributed by atoms with Gasteiger partial charge in [-0.2, -0.15) is 4.31 Å². The number of aromatic nitrogens is 2. The number of fused-ring (bicyclic) bond motifs is 1. The maximum Gasteiger partial charge on any atom is 0.243 e. The summed E-state index contributed by atoms with van der Waals surface area (Å²) in [5, 5.41) is 12.6. The van der Waals surface area contributed by atoms with E-state index in [-0.39, 0.29) is 17.4 Å². The molecule has 2 N–H and O–H groups in total. The molecule has 2 aliphatic rings. The first-order chi connectivity index (χ1) is 18.9. The highest BCUT2D eigenvalue weighted by Gasteiger charge is 2.30. The number of thiazole rings is 1. The van der Waals surface area contributed by atoms with Crippen LogP contribution in [0.25, 0.3) is 10.3 Å². The van der Waals surface area contributed by atoms with Gasteiger partial charge in [0.05, 0.1) is 24.5 Å². The van der Waals surface area contributed by atoms with Gasteiger partial charge in [0.15, 0.2) is 5.13 Å². The first-order valence-electron chi connectivity index (χ1n) is 13.4. The van der Waals surface area contributed by atoms with Crippen molar-refractivity contribution in [2.75, 3.05) is 51.8 Å². The quantitative estimate of drug-likeness (QED) is 0.379. The van der Waals surface area contributed by atoms with Crippen LogP contribution in [0, 0.1) is 5.92 Å². The van der Waals surface area contributed by atoms with E-state index in [1.807, 2.05) is 6.07 Å². The average Bonchev–Trinajstić information content (AvgIpc) is 3.61. The van der Waals surface area contributed by atoms with Crippen molar-refractivity contribution in [3.63, 3.8) is 0 Å². The van der Waals surface area contributed by atoms with Gasteiger partial charge >= 0.3 is 0 Å². The third kappa shape index (κ3) is 6.41. The predicted molar refractivity (Wildman–Crippen MR) is 151 cm³/mol. The van der Waals surface area contributed by atoms with Crippen LogP contribution in [0.2, 0.25) is 0 Å². The van der Waals surface area contributed by atoms with E-state index >= 15 is 0 Å². The maximum absolute atomic E-state index is 13.6. The molecular formula is C27H35N5O5S2. The second kappa shape index (κ2) is 12.3. The van der Waals surface area contributed by atoms with Crippen molar-refractivity contribution in [1.82, 2.24) is 19.2 Å². The number of anilines is 1. The van der Waals surface area contributed by atoms with Crippen LogP contribution >= 0.6 is 11.3 Å². The number of aliphatic hydroxyl groups excluding tert-OH is 1. The number of sulfonamides is 1. The minimum Gasteiger partial charge on any atom is -0.481 e. The average molecular weight is 574 g/mol. The number of carbonyl (C=O) groups excluding carboxylic acids is 1. The summed E-state index contributed by atoms with van der Waals surface area (Å²) in [7, 11) is -2.08. The molecule has 210 valence electrons. The number of hydrogen-bond acceptors (Lipinski definition) is 9. The van der Waals surface area contributed by atoms with E-state index < -0.39 is 15.9 Å². The number of piperazine rings is 1. The second-order valence-corrected chi connectivity index (χ2v) is 13.1. The smallest absolute Gasteiger partial charge is 0.243 e. The predicted octanol–water partition coefficient (Wildman–Crippen LogP) is 3.30. The minimum absolute atomic E-state index is 0.0639. The zero-order valence-electron chi connectivity index (χ0n) is 22.1. The van der Waals surface area contributed by atoms with Gasteiger partial charge in [-0.15, -0.1) is 0 Å². The maximum atomic E-state index is 13.6. The van der Waals surface area contributed by atoms with Crippen molar-refractivity contribution in [1.29, 1.82) is 0 Å². The zero-order valence-corrected chi connectivity index (χ0v) is 23.7. The van der Waals surface area contributed by atoms with E-state index in [0.717, 1.165) is 18.4 Å². The number of benzene rings is 1. The van der Waals surface area contributed by atoms with E-state index in [2.05, 4.69) is 20.2 Å². The number of β-amino-alcohol motifs (C(OH)–C–C–N with tert-alkyl or cyclic N) is 1. The molecule has 1 aromatic carbocycles. The lowest BCUT2D eigenvalue weighted by atomic mass is 9.87. The fraction of sp³-hybridized carbons (Fsp3) is 0.519. The Balaban J connectivity index is 1.33. The van der Waals surface area contributed by atoms with Crippen LogP contribution in [0.15, 0.2) is 41.3 Å². The van der Waals surface area contributed by atoms with Gasteiger partial charge in [0.25, 0.3) is 0 Å². The van der Waals surface area contributed by atoms with E-state index in [9.17, 15) is 13.2 Å². The van der Waals surface area contributed by atoms with Crippen LogP contribution in [0.1, 0.15) is 43.6 Å². The van der Waals surface area contributed by atoms with Crippen molar-refractivity contribution in [3.05, 3.63) is 42.0 Å². The highest BCUT2D eigenvalue weighted by molar-refractivity contribution is 7.89. The zero-order chi connectivity index (χ0) is 27.4. The molecule has 5 rings (SSSR count). The van der Waals surface area contributed by atoms with Crippen LogP contribution in [0.4, 0.5) is 5.13 Å². The van der Waals surface area contributed by atoms with Crippen LogP contribution in [-0.2, 0) is 14.8 Å². The lowest BCUT2D eigenvalue weighted by molar-refractivity contribution is -0.118. The van der Waals surface area contributed by atoms with Crippen molar-refractivity contribution in [2.45, 2.75) is 42.9 Å². The van der Waals surface area contributed by atoms with Gasteiger partial charge < -0.3 is 15.2 Å². The number of methoxy groups -OCH3 is 1. The van der Waals surface area contributed by atoms with Crippen LogP contribution < -0.4 is 10.1 Å². The van der Waals surface area contributed by atoms with Gasteiger partial charge in [-0.05, 0) is 36.1 Å². The van der Waals surface area contributed by atoms with Crippen molar-refractivity contribution >= 4 is 42.7 Å². The molecule has 39 heavy (non-hydrogen) atoms. The lowest BCUT2D eigenvalue weighted by Gasteiger charge is -2.33. The van der Waals surface area contributed by atoms with E-state index in [4.69, 9.17) is 9.84 Å². The monoisotopic (exact) mass is 573 g/mol. The highest BCUT2D eigenvalue weighted by Crippen LogP contribution is 2.36. The number of hydrogen-bond donors (Lipinski definition) is 2. The molecule has 1 amide bonds. The number of carbonyl (C=O) groups is 1. The summed E-state index contributed by atoms with van der Waals surface area (Å²) in [6.45, 7) is 2.58. The Kier molecular flexibility index (Phi) is 8.77. The molecule has 1 unspecified atom stereocenters. The highest BCUT2D eigenvalue weighted by atomic mass is 32.2. The molecule has 1 saturated carbocycles. The van der Waals surface area contributed by atoms with Gasteiger partial charge in [-0.1, -0.05) is 49.2 Å². The molecular weight excluding hydrogens is 538 g/mol. The van der Waals surface area contributed by atoms with Gasteiger partial charge in [0, 0.05) is 38.8 Å². The summed E-state index contributed by atoms with van der Waals surface area (Å²) in [5.41, 5.74) is 1.49. The fourth-order valence-corrected chi connectivity index (χ4v) is 7.74. The molecule has 10 nitrogen and oxygen atoms in total. The molecule has 2 aromatic heterocycles. The van der Waals surface area contributed by atoms with Crippen LogP contribution in [-0.4, -0.2) is 85.0 Å². The minimum atomic E-state index is -3.64.